The number of thiol groups is 1. The SMILES string of the molecule is Fc1ccc(-c2[nH]ncc2-c2ccc3ncnc(-c4ccc(S)s4)c3c2)cc1. The highest BCUT2D eigenvalue weighted by molar-refractivity contribution is 7.83. The summed E-state index contributed by atoms with van der Waals surface area (Å²) >= 11 is 6.00. The predicted molar refractivity (Wildman–Crippen MR) is 113 cm³/mol. The second-order valence-corrected chi connectivity index (χ2v) is 8.13. The van der Waals surface area contributed by atoms with Gasteiger partial charge in [0.25, 0.3) is 0 Å². The number of fused-ring (bicyclic) bond motifs is 1. The normalized spacial score (nSPS) is 11.2. The first kappa shape index (κ1) is 17.1. The molecule has 4 nitrogen and oxygen atoms in total. The van der Waals surface area contributed by atoms with E-state index in [1.54, 1.807) is 36.0 Å². The Morgan fingerprint density at radius 1 is 0.929 bits per heavy atom. The molecule has 0 saturated heterocycles. The smallest absolute Gasteiger partial charge is 0.123 e. The van der Waals surface area contributed by atoms with Gasteiger partial charge in [-0.15, -0.1) is 24.0 Å². The minimum absolute atomic E-state index is 0.267. The summed E-state index contributed by atoms with van der Waals surface area (Å²) in [7, 11) is 0. The number of benzene rings is 2. The molecule has 0 amide bonds. The molecule has 1 N–H and O–H groups in total. The van der Waals surface area contributed by atoms with Crippen LogP contribution in [0.25, 0.3) is 43.9 Å². The second kappa shape index (κ2) is 6.85. The lowest BCUT2D eigenvalue weighted by Crippen LogP contribution is -1.89. The molecule has 0 spiro atoms. The molecule has 5 aromatic rings. The number of aromatic nitrogens is 4. The monoisotopic (exact) mass is 404 g/mol. The number of H-pyrrole nitrogens is 1. The highest BCUT2D eigenvalue weighted by atomic mass is 32.2. The Balaban J connectivity index is 1.67. The van der Waals surface area contributed by atoms with Crippen LogP contribution in [0.4, 0.5) is 4.39 Å². The van der Waals surface area contributed by atoms with E-state index < -0.39 is 0 Å². The van der Waals surface area contributed by atoms with Crippen molar-refractivity contribution in [1.29, 1.82) is 0 Å². The molecule has 0 aliphatic carbocycles. The molecule has 0 unspecified atom stereocenters. The number of nitrogens with zero attached hydrogens (tertiary/aromatic N) is 3. The summed E-state index contributed by atoms with van der Waals surface area (Å²) in [6, 6.07) is 16.4. The molecule has 3 aromatic heterocycles. The number of nitrogens with one attached hydrogen (secondary N) is 1. The van der Waals surface area contributed by atoms with Gasteiger partial charge < -0.3 is 0 Å². The first-order chi connectivity index (χ1) is 13.7. The van der Waals surface area contributed by atoms with Gasteiger partial charge in [0.1, 0.15) is 12.1 Å². The lowest BCUT2D eigenvalue weighted by atomic mass is 9.99. The maximum atomic E-state index is 13.3. The molecule has 7 heteroatoms. The zero-order valence-electron chi connectivity index (χ0n) is 14.4. The molecule has 0 atom stereocenters. The van der Waals surface area contributed by atoms with Gasteiger partial charge >= 0.3 is 0 Å². The highest BCUT2D eigenvalue weighted by Crippen LogP contribution is 2.36. The van der Waals surface area contributed by atoms with Crippen molar-refractivity contribution >= 4 is 34.9 Å². The van der Waals surface area contributed by atoms with Crippen molar-refractivity contribution in [2.24, 2.45) is 0 Å². The third-order valence-corrected chi connectivity index (χ3v) is 5.86. The van der Waals surface area contributed by atoms with E-state index in [-0.39, 0.29) is 5.82 Å². The fourth-order valence-corrected chi connectivity index (χ4v) is 4.34. The van der Waals surface area contributed by atoms with Gasteiger partial charge in [-0.05, 0) is 54.1 Å². The van der Waals surface area contributed by atoms with E-state index >= 15 is 0 Å². The topological polar surface area (TPSA) is 54.5 Å². The van der Waals surface area contributed by atoms with Crippen LogP contribution in [0.5, 0.6) is 0 Å². The number of thiophene rings is 1. The van der Waals surface area contributed by atoms with Gasteiger partial charge in [0.05, 0.1) is 32.2 Å². The average molecular weight is 404 g/mol. The van der Waals surface area contributed by atoms with Gasteiger partial charge in [0, 0.05) is 16.5 Å². The van der Waals surface area contributed by atoms with Crippen molar-refractivity contribution in [3.8, 4) is 33.0 Å². The van der Waals surface area contributed by atoms with E-state index in [9.17, 15) is 4.39 Å². The average Bonchev–Trinajstić information content (AvgIpc) is 3.37. The maximum absolute atomic E-state index is 13.3. The fraction of sp³-hybridized carbons (Fsp3) is 0. The molecule has 0 bridgehead atoms. The minimum atomic E-state index is -0.267. The maximum Gasteiger partial charge on any atom is 0.123 e. The first-order valence-electron chi connectivity index (χ1n) is 8.53. The summed E-state index contributed by atoms with van der Waals surface area (Å²) in [5.41, 5.74) is 5.38. The van der Waals surface area contributed by atoms with E-state index in [2.05, 4.69) is 38.9 Å². The van der Waals surface area contributed by atoms with Crippen molar-refractivity contribution in [3.05, 3.63) is 72.9 Å². The summed E-state index contributed by atoms with van der Waals surface area (Å²) in [5, 5.41) is 8.19. The second-order valence-electron chi connectivity index (χ2n) is 6.26. The zero-order chi connectivity index (χ0) is 19.1. The number of hydrogen-bond acceptors (Lipinski definition) is 5. The predicted octanol–water partition coefficient (Wildman–Crippen LogP) is 5.84. The van der Waals surface area contributed by atoms with E-state index in [1.807, 2.05) is 24.3 Å². The molecule has 2 aromatic carbocycles. The van der Waals surface area contributed by atoms with Crippen LogP contribution < -0.4 is 0 Å². The zero-order valence-corrected chi connectivity index (χ0v) is 16.1. The molecular weight excluding hydrogens is 391 g/mol. The lowest BCUT2D eigenvalue weighted by Gasteiger charge is -2.07. The van der Waals surface area contributed by atoms with E-state index in [4.69, 9.17) is 0 Å². The van der Waals surface area contributed by atoms with Crippen LogP contribution in [0.2, 0.25) is 0 Å². The molecule has 5 rings (SSSR count). The largest absolute Gasteiger partial charge is 0.277 e. The summed E-state index contributed by atoms with van der Waals surface area (Å²) in [4.78, 5) is 9.94. The quantitative estimate of drug-likeness (QED) is 0.371. The Kier molecular flexibility index (Phi) is 4.18. The van der Waals surface area contributed by atoms with E-state index in [0.29, 0.717) is 0 Å². The first-order valence-corrected chi connectivity index (χ1v) is 9.79. The summed E-state index contributed by atoms with van der Waals surface area (Å²) in [6.45, 7) is 0. The summed E-state index contributed by atoms with van der Waals surface area (Å²) in [6.07, 6.45) is 3.36. The minimum Gasteiger partial charge on any atom is -0.277 e. The van der Waals surface area contributed by atoms with Gasteiger partial charge in [0.2, 0.25) is 0 Å². The van der Waals surface area contributed by atoms with Crippen LogP contribution >= 0.6 is 24.0 Å². The molecule has 28 heavy (non-hydrogen) atoms. The van der Waals surface area contributed by atoms with E-state index in [1.165, 1.54) is 12.1 Å². The number of halogens is 1. The fourth-order valence-electron chi connectivity index (χ4n) is 3.22. The Labute approximate surface area is 169 Å². The molecule has 0 saturated carbocycles. The third-order valence-electron chi connectivity index (χ3n) is 4.54. The Morgan fingerprint density at radius 2 is 1.75 bits per heavy atom. The van der Waals surface area contributed by atoms with Crippen molar-refractivity contribution < 1.29 is 4.39 Å². The van der Waals surface area contributed by atoms with Crippen LogP contribution in [0.1, 0.15) is 0 Å². The van der Waals surface area contributed by atoms with Crippen LogP contribution in [-0.4, -0.2) is 20.2 Å². The summed E-state index contributed by atoms with van der Waals surface area (Å²) < 4.78 is 14.2. The Hall–Kier alpha value is -3.03. The molecule has 0 aliphatic heterocycles. The van der Waals surface area contributed by atoms with Crippen molar-refractivity contribution in [3.63, 3.8) is 0 Å². The van der Waals surface area contributed by atoms with Crippen molar-refractivity contribution in [1.82, 2.24) is 20.2 Å². The molecule has 0 fully saturated rings. The van der Waals surface area contributed by atoms with Crippen molar-refractivity contribution in [2.45, 2.75) is 4.21 Å². The van der Waals surface area contributed by atoms with Gasteiger partial charge in [-0.3, -0.25) is 5.10 Å². The van der Waals surface area contributed by atoms with E-state index in [0.717, 1.165) is 48.1 Å². The molecule has 136 valence electrons. The molecule has 0 radical (unpaired) electrons. The number of hydrogen-bond donors (Lipinski definition) is 2. The lowest BCUT2D eigenvalue weighted by molar-refractivity contribution is 0.628. The van der Waals surface area contributed by atoms with Gasteiger partial charge in [0.15, 0.2) is 0 Å². The summed E-state index contributed by atoms with van der Waals surface area (Å²) in [5.74, 6) is -0.267. The van der Waals surface area contributed by atoms with Gasteiger partial charge in [-0.1, -0.05) is 6.07 Å². The Morgan fingerprint density at radius 3 is 2.54 bits per heavy atom. The third kappa shape index (κ3) is 2.98. The van der Waals surface area contributed by atoms with Crippen LogP contribution in [-0.2, 0) is 0 Å². The molecule has 3 heterocycles. The molecule has 0 aliphatic rings. The standard InChI is InChI=1S/C21H13FN4S2/c22-14-4-1-12(2-5-14)20-16(10-25-26-20)13-3-6-17-15(9-13)21(24-11-23-17)18-7-8-19(27)28-18/h1-11,27H,(H,25,26). The van der Waals surface area contributed by atoms with Gasteiger partial charge in [-0.25, -0.2) is 14.4 Å². The van der Waals surface area contributed by atoms with Crippen molar-refractivity contribution in [2.75, 3.05) is 0 Å². The van der Waals surface area contributed by atoms with Crippen LogP contribution in [0.3, 0.4) is 0 Å². The van der Waals surface area contributed by atoms with Gasteiger partial charge in [-0.2, -0.15) is 5.10 Å². The number of rotatable bonds is 3. The molecular formula is C21H13FN4S2. The highest BCUT2D eigenvalue weighted by Gasteiger charge is 2.14. The van der Waals surface area contributed by atoms with Crippen LogP contribution in [0, 0.1) is 5.82 Å². The van der Waals surface area contributed by atoms with Crippen LogP contribution in [0.15, 0.2) is 71.3 Å². The Bertz CT molecular complexity index is 1290. The number of aromatic amines is 1.